The summed E-state index contributed by atoms with van der Waals surface area (Å²) in [7, 11) is 0. The minimum absolute atomic E-state index is 0.159. The smallest absolute Gasteiger partial charge is 0.409 e. The van der Waals surface area contributed by atoms with Crippen LogP contribution in [0.3, 0.4) is 0 Å². The van der Waals surface area contributed by atoms with Crippen LogP contribution >= 0.6 is 0 Å². The lowest BCUT2D eigenvalue weighted by atomic mass is 9.78. The standard InChI is InChI=1S/C25H36N4O3/c1-2-32-24(31)29-17-25(18-29)10-9-20(16-25)27-12-14-28(15-13-27)23-21(8-5-11-26-23)22(30)19-6-3-4-7-19/h5,8,11,19-20H,2-4,6-7,9-10,12-18H2,1H3/t20-/m1/s1. The Balaban J connectivity index is 1.16. The molecule has 0 radical (unpaired) electrons. The fourth-order valence-electron chi connectivity index (χ4n) is 6.43. The molecule has 2 aliphatic heterocycles. The molecule has 1 amide bonds. The van der Waals surface area contributed by atoms with Gasteiger partial charge in [0.05, 0.1) is 12.2 Å². The predicted molar refractivity (Wildman–Crippen MR) is 123 cm³/mol. The summed E-state index contributed by atoms with van der Waals surface area (Å²) < 4.78 is 5.15. The van der Waals surface area contributed by atoms with Gasteiger partial charge in [0.15, 0.2) is 5.78 Å². The highest BCUT2D eigenvalue weighted by Gasteiger charge is 2.51. The highest BCUT2D eigenvalue weighted by molar-refractivity contribution is 6.02. The lowest BCUT2D eigenvalue weighted by molar-refractivity contribution is -0.00294. The summed E-state index contributed by atoms with van der Waals surface area (Å²) in [5.74, 6) is 1.36. The number of ketones is 1. The average molecular weight is 441 g/mol. The molecule has 4 aliphatic rings. The number of pyridine rings is 1. The number of nitrogens with zero attached hydrogens (tertiary/aromatic N) is 4. The number of hydrogen-bond acceptors (Lipinski definition) is 6. The van der Waals surface area contributed by atoms with E-state index in [1.807, 2.05) is 30.2 Å². The first-order valence-corrected chi connectivity index (χ1v) is 12.5. The second-order valence-electron chi connectivity index (χ2n) is 10.2. The SMILES string of the molecule is CCOC(=O)N1CC2(CC[C@@H](N3CCN(c4ncccc4C(=O)C4CCCC4)CC3)C2)C1. The van der Waals surface area contributed by atoms with E-state index in [1.165, 1.54) is 32.1 Å². The van der Waals surface area contributed by atoms with Gasteiger partial charge in [-0.15, -0.1) is 0 Å². The fourth-order valence-corrected chi connectivity index (χ4v) is 6.43. The Bertz CT molecular complexity index is 839. The molecule has 0 unspecified atom stereocenters. The Morgan fingerprint density at radius 3 is 2.59 bits per heavy atom. The second-order valence-corrected chi connectivity index (χ2v) is 10.2. The zero-order chi connectivity index (χ0) is 22.1. The van der Waals surface area contributed by atoms with Crippen LogP contribution in [0.15, 0.2) is 18.3 Å². The third kappa shape index (κ3) is 4.12. The molecule has 1 atom stereocenters. The van der Waals surface area contributed by atoms with E-state index >= 15 is 0 Å². The summed E-state index contributed by atoms with van der Waals surface area (Å²) in [5, 5.41) is 0. The Kier molecular flexibility index (Phi) is 6.10. The van der Waals surface area contributed by atoms with Crippen molar-refractivity contribution in [3.05, 3.63) is 23.9 Å². The Morgan fingerprint density at radius 2 is 1.88 bits per heavy atom. The first-order chi connectivity index (χ1) is 15.6. The molecule has 5 rings (SSSR count). The van der Waals surface area contributed by atoms with Crippen molar-refractivity contribution in [2.45, 2.75) is 57.9 Å². The van der Waals surface area contributed by atoms with E-state index in [1.54, 1.807) is 0 Å². The number of Topliss-reactive ketones (excluding diaryl/α,β-unsaturated/α-hetero) is 1. The number of aromatic nitrogens is 1. The quantitative estimate of drug-likeness (QED) is 0.652. The van der Waals surface area contributed by atoms with Crippen molar-refractivity contribution in [3.63, 3.8) is 0 Å². The maximum atomic E-state index is 13.1. The number of piperazine rings is 1. The highest BCUT2D eigenvalue weighted by Crippen LogP contribution is 2.47. The van der Waals surface area contributed by atoms with Gasteiger partial charge in [-0.05, 0) is 51.2 Å². The molecule has 1 aromatic rings. The maximum Gasteiger partial charge on any atom is 0.409 e. The van der Waals surface area contributed by atoms with E-state index in [9.17, 15) is 9.59 Å². The van der Waals surface area contributed by atoms with Gasteiger partial charge in [0, 0.05) is 62.8 Å². The average Bonchev–Trinajstić information content (AvgIpc) is 3.49. The van der Waals surface area contributed by atoms with Crippen molar-refractivity contribution in [1.82, 2.24) is 14.8 Å². The number of carbonyl (C=O) groups excluding carboxylic acids is 2. The molecule has 1 aromatic heterocycles. The van der Waals surface area contributed by atoms with Crippen molar-refractivity contribution in [2.24, 2.45) is 11.3 Å². The van der Waals surface area contributed by atoms with E-state index in [-0.39, 0.29) is 12.0 Å². The molecular formula is C25H36N4O3. The van der Waals surface area contributed by atoms with Gasteiger partial charge in [-0.2, -0.15) is 0 Å². The fraction of sp³-hybridized carbons (Fsp3) is 0.720. The molecule has 2 saturated carbocycles. The number of likely N-dealkylation sites (tertiary alicyclic amines) is 1. The molecule has 0 bridgehead atoms. The molecule has 7 nitrogen and oxygen atoms in total. The van der Waals surface area contributed by atoms with Crippen molar-refractivity contribution in [3.8, 4) is 0 Å². The summed E-state index contributed by atoms with van der Waals surface area (Å²) in [6, 6.07) is 4.48. The molecule has 2 saturated heterocycles. The molecule has 0 aromatic carbocycles. The zero-order valence-corrected chi connectivity index (χ0v) is 19.3. The van der Waals surface area contributed by atoms with E-state index < -0.39 is 0 Å². The van der Waals surface area contributed by atoms with Crippen molar-refractivity contribution < 1.29 is 14.3 Å². The molecule has 7 heteroatoms. The molecule has 1 spiro atoms. The lowest BCUT2D eigenvalue weighted by Crippen LogP contribution is -2.58. The van der Waals surface area contributed by atoms with Crippen LogP contribution in [0.25, 0.3) is 0 Å². The normalized spacial score (nSPS) is 25.8. The molecule has 4 fully saturated rings. The van der Waals surface area contributed by atoms with Crippen LogP contribution in [0.4, 0.5) is 10.6 Å². The van der Waals surface area contributed by atoms with Crippen molar-refractivity contribution in [2.75, 3.05) is 50.8 Å². The summed E-state index contributed by atoms with van der Waals surface area (Å²) in [6.07, 6.45) is 9.65. The van der Waals surface area contributed by atoms with E-state index in [0.717, 1.165) is 63.5 Å². The Morgan fingerprint density at radius 1 is 1.12 bits per heavy atom. The number of ether oxygens (including phenoxy) is 1. The highest BCUT2D eigenvalue weighted by atomic mass is 16.6. The monoisotopic (exact) mass is 440 g/mol. The van der Waals surface area contributed by atoms with Gasteiger partial charge in [-0.1, -0.05) is 12.8 Å². The van der Waals surface area contributed by atoms with Crippen LogP contribution in [0.2, 0.25) is 0 Å². The summed E-state index contributed by atoms with van der Waals surface area (Å²) >= 11 is 0. The van der Waals surface area contributed by atoms with Gasteiger partial charge < -0.3 is 14.5 Å². The van der Waals surface area contributed by atoms with Crippen molar-refractivity contribution in [1.29, 1.82) is 0 Å². The summed E-state index contributed by atoms with van der Waals surface area (Å²) in [5.41, 5.74) is 1.12. The Labute approximate surface area is 191 Å². The van der Waals surface area contributed by atoms with Gasteiger partial charge in [-0.3, -0.25) is 9.69 Å². The molecule has 174 valence electrons. The number of hydrogen-bond donors (Lipinski definition) is 0. The first kappa shape index (κ1) is 21.7. The minimum Gasteiger partial charge on any atom is -0.450 e. The third-order valence-corrected chi connectivity index (χ3v) is 8.16. The lowest BCUT2D eigenvalue weighted by Gasteiger charge is -2.48. The second kappa shape index (κ2) is 9.00. The van der Waals surface area contributed by atoms with Crippen LogP contribution in [0, 0.1) is 11.3 Å². The van der Waals surface area contributed by atoms with E-state index in [2.05, 4.69) is 14.8 Å². The molecular weight excluding hydrogens is 404 g/mol. The molecule has 2 aliphatic carbocycles. The number of carbonyl (C=O) groups is 2. The van der Waals surface area contributed by atoms with E-state index in [4.69, 9.17) is 4.74 Å². The van der Waals surface area contributed by atoms with Gasteiger partial charge in [-0.25, -0.2) is 9.78 Å². The predicted octanol–water partition coefficient (Wildman–Crippen LogP) is 3.59. The first-order valence-electron chi connectivity index (χ1n) is 12.5. The van der Waals surface area contributed by atoms with Gasteiger partial charge in [0.1, 0.15) is 5.82 Å². The largest absolute Gasteiger partial charge is 0.450 e. The Hall–Kier alpha value is -2.15. The topological polar surface area (TPSA) is 66.0 Å². The van der Waals surface area contributed by atoms with Crippen LogP contribution < -0.4 is 4.90 Å². The molecule has 3 heterocycles. The van der Waals surface area contributed by atoms with Crippen LogP contribution in [-0.2, 0) is 4.74 Å². The number of anilines is 1. The van der Waals surface area contributed by atoms with Gasteiger partial charge in [0.25, 0.3) is 0 Å². The van der Waals surface area contributed by atoms with Gasteiger partial charge >= 0.3 is 6.09 Å². The zero-order valence-electron chi connectivity index (χ0n) is 19.3. The van der Waals surface area contributed by atoms with E-state index in [0.29, 0.717) is 23.8 Å². The number of amides is 1. The molecule has 32 heavy (non-hydrogen) atoms. The number of rotatable bonds is 5. The summed E-state index contributed by atoms with van der Waals surface area (Å²) in [4.78, 5) is 36.5. The third-order valence-electron chi connectivity index (χ3n) is 8.16. The van der Waals surface area contributed by atoms with Crippen LogP contribution in [0.5, 0.6) is 0 Å². The summed E-state index contributed by atoms with van der Waals surface area (Å²) in [6.45, 7) is 7.86. The molecule has 0 N–H and O–H groups in total. The van der Waals surface area contributed by atoms with Crippen molar-refractivity contribution >= 4 is 17.7 Å². The van der Waals surface area contributed by atoms with Crippen LogP contribution in [-0.4, -0.2) is 78.6 Å². The minimum atomic E-state index is -0.159. The van der Waals surface area contributed by atoms with Crippen LogP contribution in [0.1, 0.15) is 62.2 Å². The maximum absolute atomic E-state index is 13.1. The van der Waals surface area contributed by atoms with Gasteiger partial charge in [0.2, 0.25) is 0 Å².